The average molecular weight is 342 g/mol. The van der Waals surface area contributed by atoms with Gasteiger partial charge in [0.25, 0.3) is 0 Å². The molecule has 1 aromatic carbocycles. The number of hydrogen-bond donors (Lipinski definition) is 1. The molecule has 1 N–H and O–H groups in total. The number of carbonyl (C=O) groups is 1. The Kier molecular flexibility index (Phi) is 6.27. The highest BCUT2D eigenvalue weighted by atomic mass is 19.4. The number of alkyl halides is 3. The van der Waals surface area contributed by atoms with Gasteiger partial charge < -0.3 is 10.2 Å². The molecule has 1 amide bonds. The summed E-state index contributed by atoms with van der Waals surface area (Å²) >= 11 is 0. The molecule has 0 aromatic heterocycles. The molecular formula is C18H25F3N2O. The Morgan fingerprint density at radius 3 is 2.50 bits per heavy atom. The van der Waals surface area contributed by atoms with E-state index in [9.17, 15) is 18.0 Å². The maximum absolute atomic E-state index is 13.1. The molecule has 3 nitrogen and oxygen atoms in total. The molecule has 24 heavy (non-hydrogen) atoms. The van der Waals surface area contributed by atoms with Crippen LogP contribution in [0.3, 0.4) is 0 Å². The largest absolute Gasteiger partial charge is 0.416 e. The van der Waals surface area contributed by atoms with E-state index in [0.717, 1.165) is 25.5 Å². The normalized spacial score (nSPS) is 17.8. The van der Waals surface area contributed by atoms with Crippen molar-refractivity contribution in [1.29, 1.82) is 0 Å². The molecule has 6 heteroatoms. The summed E-state index contributed by atoms with van der Waals surface area (Å²) in [4.78, 5) is 14.2. The molecule has 1 unspecified atom stereocenters. The first-order chi connectivity index (χ1) is 11.3. The van der Waals surface area contributed by atoms with Crippen LogP contribution in [0.25, 0.3) is 0 Å². The smallest absolute Gasteiger partial charge is 0.343 e. The van der Waals surface area contributed by atoms with Crippen LogP contribution in [-0.4, -0.2) is 37.5 Å². The number of rotatable bonds is 5. The van der Waals surface area contributed by atoms with Crippen LogP contribution in [0.4, 0.5) is 13.2 Å². The summed E-state index contributed by atoms with van der Waals surface area (Å²) in [5.41, 5.74) is -0.443. The van der Waals surface area contributed by atoms with E-state index < -0.39 is 17.7 Å². The van der Waals surface area contributed by atoms with Crippen LogP contribution in [0.5, 0.6) is 0 Å². The van der Waals surface area contributed by atoms with Gasteiger partial charge in [-0.15, -0.1) is 0 Å². The van der Waals surface area contributed by atoms with E-state index >= 15 is 0 Å². The number of benzene rings is 1. The molecule has 0 bridgehead atoms. The maximum Gasteiger partial charge on any atom is 0.416 e. The van der Waals surface area contributed by atoms with E-state index in [2.05, 4.69) is 5.32 Å². The fourth-order valence-electron chi connectivity index (χ4n) is 3.36. The van der Waals surface area contributed by atoms with Gasteiger partial charge >= 0.3 is 6.18 Å². The van der Waals surface area contributed by atoms with Gasteiger partial charge in [-0.05, 0) is 49.9 Å². The summed E-state index contributed by atoms with van der Waals surface area (Å²) in [7, 11) is 1.91. The van der Waals surface area contributed by atoms with Crippen LogP contribution in [0.2, 0.25) is 0 Å². The SMILES string of the molecule is CNCC1CCN(C(=O)CC(C)c2ccccc2C(F)(F)F)CC1. The Labute approximate surface area is 141 Å². The number of hydrogen-bond acceptors (Lipinski definition) is 2. The van der Waals surface area contributed by atoms with Crippen LogP contribution >= 0.6 is 0 Å². The van der Waals surface area contributed by atoms with E-state index in [4.69, 9.17) is 0 Å². The minimum Gasteiger partial charge on any atom is -0.343 e. The molecule has 0 aliphatic carbocycles. The molecule has 1 aliphatic heterocycles. The molecular weight excluding hydrogens is 317 g/mol. The number of nitrogens with zero attached hydrogens (tertiary/aromatic N) is 1. The van der Waals surface area contributed by atoms with Gasteiger partial charge in [0.15, 0.2) is 0 Å². The molecule has 0 radical (unpaired) electrons. The van der Waals surface area contributed by atoms with Gasteiger partial charge in [-0.25, -0.2) is 0 Å². The van der Waals surface area contributed by atoms with Crippen LogP contribution in [0.1, 0.15) is 43.2 Å². The molecule has 134 valence electrons. The molecule has 2 rings (SSSR count). The van der Waals surface area contributed by atoms with Gasteiger partial charge in [-0.1, -0.05) is 25.1 Å². The quantitative estimate of drug-likeness (QED) is 0.886. The topological polar surface area (TPSA) is 32.3 Å². The molecule has 1 atom stereocenters. The highest BCUT2D eigenvalue weighted by molar-refractivity contribution is 5.77. The van der Waals surface area contributed by atoms with Crippen molar-refractivity contribution in [3.63, 3.8) is 0 Å². The number of carbonyl (C=O) groups excluding carboxylic acids is 1. The third-order valence-corrected chi connectivity index (χ3v) is 4.74. The van der Waals surface area contributed by atoms with Crippen molar-refractivity contribution < 1.29 is 18.0 Å². The van der Waals surface area contributed by atoms with Crippen LogP contribution in [0.15, 0.2) is 24.3 Å². The first kappa shape index (κ1) is 18.8. The minimum absolute atomic E-state index is 0.0533. The molecule has 1 heterocycles. The van der Waals surface area contributed by atoms with Gasteiger partial charge in [-0.3, -0.25) is 4.79 Å². The van der Waals surface area contributed by atoms with Crippen LogP contribution in [0, 0.1) is 5.92 Å². The molecule has 0 spiro atoms. The minimum atomic E-state index is -4.39. The Balaban J connectivity index is 1.98. The lowest BCUT2D eigenvalue weighted by atomic mass is 9.91. The van der Waals surface area contributed by atoms with Gasteiger partial charge in [0.05, 0.1) is 5.56 Å². The second-order valence-electron chi connectivity index (χ2n) is 6.57. The van der Waals surface area contributed by atoms with Crippen molar-refractivity contribution in [2.45, 2.75) is 38.3 Å². The summed E-state index contributed by atoms with van der Waals surface area (Å²) in [5, 5.41) is 3.15. The van der Waals surface area contributed by atoms with E-state index in [-0.39, 0.29) is 17.9 Å². The third-order valence-electron chi connectivity index (χ3n) is 4.74. The van der Waals surface area contributed by atoms with Crippen molar-refractivity contribution in [2.24, 2.45) is 5.92 Å². The zero-order chi connectivity index (χ0) is 17.7. The number of likely N-dealkylation sites (tertiary alicyclic amines) is 1. The summed E-state index contributed by atoms with van der Waals surface area (Å²) in [6.45, 7) is 4.02. The molecule has 1 aliphatic rings. The Hall–Kier alpha value is -1.56. The third kappa shape index (κ3) is 4.72. The summed E-state index contributed by atoms with van der Waals surface area (Å²) < 4.78 is 39.3. The average Bonchev–Trinajstić information content (AvgIpc) is 2.55. The van der Waals surface area contributed by atoms with Gasteiger partial charge in [-0.2, -0.15) is 13.2 Å². The lowest BCUT2D eigenvalue weighted by molar-refractivity contribution is -0.139. The van der Waals surface area contributed by atoms with Crippen molar-refractivity contribution in [3.05, 3.63) is 35.4 Å². The first-order valence-corrected chi connectivity index (χ1v) is 8.41. The predicted octanol–water partition coefficient (Wildman–Crippen LogP) is 3.66. The molecule has 1 saturated heterocycles. The van der Waals surface area contributed by atoms with Gasteiger partial charge in [0.1, 0.15) is 0 Å². The zero-order valence-electron chi connectivity index (χ0n) is 14.2. The van der Waals surface area contributed by atoms with E-state index in [1.807, 2.05) is 7.05 Å². The highest BCUT2D eigenvalue weighted by Gasteiger charge is 2.34. The fourth-order valence-corrected chi connectivity index (χ4v) is 3.36. The van der Waals surface area contributed by atoms with E-state index in [1.54, 1.807) is 17.9 Å². The number of amides is 1. The summed E-state index contributed by atoms with van der Waals surface area (Å²) in [6, 6.07) is 5.53. The Morgan fingerprint density at radius 2 is 1.92 bits per heavy atom. The second-order valence-corrected chi connectivity index (χ2v) is 6.57. The fraction of sp³-hybridized carbons (Fsp3) is 0.611. The molecule has 0 saturated carbocycles. The van der Waals surface area contributed by atoms with E-state index in [0.29, 0.717) is 19.0 Å². The predicted molar refractivity (Wildman–Crippen MR) is 87.7 cm³/mol. The lowest BCUT2D eigenvalue weighted by Gasteiger charge is -2.32. The van der Waals surface area contributed by atoms with Gasteiger partial charge in [0.2, 0.25) is 5.91 Å². The van der Waals surface area contributed by atoms with Crippen molar-refractivity contribution >= 4 is 5.91 Å². The lowest BCUT2D eigenvalue weighted by Crippen LogP contribution is -2.40. The first-order valence-electron chi connectivity index (χ1n) is 8.41. The molecule has 1 aromatic rings. The standard InChI is InChI=1S/C18H25F3N2O/c1-13(15-5-3-4-6-16(15)18(19,20)21)11-17(24)23-9-7-14(8-10-23)12-22-2/h3-6,13-14,22H,7-12H2,1-2H3. The Bertz CT molecular complexity index is 551. The molecule has 1 fully saturated rings. The number of halogens is 3. The van der Waals surface area contributed by atoms with Crippen molar-refractivity contribution in [1.82, 2.24) is 10.2 Å². The van der Waals surface area contributed by atoms with Crippen molar-refractivity contribution in [2.75, 3.05) is 26.7 Å². The highest BCUT2D eigenvalue weighted by Crippen LogP contribution is 2.36. The number of nitrogens with one attached hydrogen (secondary N) is 1. The van der Waals surface area contributed by atoms with Crippen LogP contribution < -0.4 is 5.32 Å². The second kappa shape index (κ2) is 8.01. The monoisotopic (exact) mass is 342 g/mol. The van der Waals surface area contributed by atoms with Crippen LogP contribution in [-0.2, 0) is 11.0 Å². The summed E-state index contributed by atoms with van der Waals surface area (Å²) in [6.07, 6.45) is -2.39. The van der Waals surface area contributed by atoms with Gasteiger partial charge in [0, 0.05) is 19.5 Å². The zero-order valence-corrected chi connectivity index (χ0v) is 14.2. The summed E-state index contributed by atoms with van der Waals surface area (Å²) in [5.74, 6) is 0.0650. The maximum atomic E-state index is 13.1. The Morgan fingerprint density at radius 1 is 1.29 bits per heavy atom. The number of piperidine rings is 1. The van der Waals surface area contributed by atoms with E-state index in [1.165, 1.54) is 12.1 Å². The van der Waals surface area contributed by atoms with Crippen molar-refractivity contribution in [3.8, 4) is 0 Å².